The summed E-state index contributed by atoms with van der Waals surface area (Å²) in [5.74, 6) is 0.630. The Morgan fingerprint density at radius 1 is 1.21 bits per heavy atom. The van der Waals surface area contributed by atoms with Gasteiger partial charge < -0.3 is 9.73 Å². The van der Waals surface area contributed by atoms with Gasteiger partial charge in [-0.25, -0.2) is 14.4 Å². The van der Waals surface area contributed by atoms with E-state index in [1.807, 2.05) is 30.3 Å². The number of aryl methyl sites for hydroxylation is 1. The summed E-state index contributed by atoms with van der Waals surface area (Å²) in [6.07, 6.45) is 0. The van der Waals surface area contributed by atoms with E-state index in [4.69, 9.17) is 4.42 Å². The fraction of sp³-hybridized carbons (Fsp3) is 0.143. The van der Waals surface area contributed by atoms with Gasteiger partial charge in [-0.05, 0) is 19.1 Å². The Labute approximate surface area is 109 Å². The van der Waals surface area contributed by atoms with Crippen molar-refractivity contribution in [3.8, 4) is 11.6 Å². The molecule has 0 bridgehead atoms. The lowest BCUT2D eigenvalue weighted by atomic mass is 10.2. The third kappa shape index (κ3) is 1.93. The van der Waals surface area contributed by atoms with Gasteiger partial charge in [-0.1, -0.05) is 18.2 Å². The number of nitrogens with one attached hydrogen (secondary N) is 1. The molecule has 1 aromatic carbocycles. The molecule has 19 heavy (non-hydrogen) atoms. The Morgan fingerprint density at radius 3 is 2.74 bits per heavy atom. The molecule has 0 fully saturated rings. The van der Waals surface area contributed by atoms with E-state index in [2.05, 4.69) is 15.3 Å². The summed E-state index contributed by atoms with van der Waals surface area (Å²) < 4.78 is 19.4. The fourth-order valence-electron chi connectivity index (χ4n) is 1.93. The number of nitrogens with zero attached hydrogens (tertiary/aromatic N) is 2. The summed E-state index contributed by atoms with van der Waals surface area (Å²) in [5.41, 5.74) is 1.05. The summed E-state index contributed by atoms with van der Waals surface area (Å²) in [6, 6.07) is 9.48. The van der Waals surface area contributed by atoms with Gasteiger partial charge in [0.2, 0.25) is 0 Å². The first-order valence-electron chi connectivity index (χ1n) is 5.90. The average Bonchev–Trinajstić information content (AvgIpc) is 2.85. The Balaban J connectivity index is 2.18. The Kier molecular flexibility index (Phi) is 2.67. The number of anilines is 1. The van der Waals surface area contributed by atoms with Crippen molar-refractivity contribution in [1.82, 2.24) is 9.97 Å². The lowest BCUT2D eigenvalue weighted by Gasteiger charge is -2.05. The first-order valence-corrected chi connectivity index (χ1v) is 5.90. The minimum absolute atomic E-state index is 0.169. The van der Waals surface area contributed by atoms with Crippen LogP contribution in [0.1, 0.15) is 5.69 Å². The Hall–Kier alpha value is -2.43. The van der Waals surface area contributed by atoms with E-state index < -0.39 is 5.82 Å². The predicted octanol–water partition coefficient (Wildman–Crippen LogP) is 3.38. The molecule has 1 N–H and O–H groups in total. The first kappa shape index (κ1) is 11.6. The number of rotatable bonds is 2. The van der Waals surface area contributed by atoms with Gasteiger partial charge in [0.25, 0.3) is 0 Å². The van der Waals surface area contributed by atoms with E-state index in [-0.39, 0.29) is 11.5 Å². The smallest absolute Gasteiger partial charge is 0.198 e. The molecular formula is C14H12FN3O. The maximum atomic E-state index is 13.7. The molecule has 0 radical (unpaired) electrons. The van der Waals surface area contributed by atoms with E-state index in [0.29, 0.717) is 11.6 Å². The van der Waals surface area contributed by atoms with E-state index >= 15 is 0 Å². The maximum Gasteiger partial charge on any atom is 0.198 e. The normalized spacial score (nSPS) is 10.9. The zero-order valence-electron chi connectivity index (χ0n) is 10.6. The molecule has 3 aromatic rings. The van der Waals surface area contributed by atoms with Crippen LogP contribution in [0.3, 0.4) is 0 Å². The number of aromatic nitrogens is 2. The highest BCUT2D eigenvalue weighted by Gasteiger charge is 2.14. The lowest BCUT2D eigenvalue weighted by Crippen LogP contribution is -2.03. The largest absolute Gasteiger partial charge is 0.453 e. The number of hydrogen-bond acceptors (Lipinski definition) is 4. The second kappa shape index (κ2) is 4.35. The van der Waals surface area contributed by atoms with Gasteiger partial charge in [0.15, 0.2) is 23.2 Å². The van der Waals surface area contributed by atoms with Gasteiger partial charge in [0.1, 0.15) is 5.58 Å². The number of para-hydroxylation sites is 1. The van der Waals surface area contributed by atoms with Crippen LogP contribution in [0, 0.1) is 12.7 Å². The van der Waals surface area contributed by atoms with Gasteiger partial charge in [-0.15, -0.1) is 0 Å². The summed E-state index contributed by atoms with van der Waals surface area (Å²) in [5, 5.41) is 3.68. The Morgan fingerprint density at radius 2 is 2.00 bits per heavy atom. The molecule has 0 aliphatic rings. The van der Waals surface area contributed by atoms with Gasteiger partial charge in [-0.2, -0.15) is 0 Å². The number of furan rings is 1. The molecule has 0 aliphatic carbocycles. The molecule has 0 spiro atoms. The monoisotopic (exact) mass is 257 g/mol. The fourth-order valence-corrected chi connectivity index (χ4v) is 1.93. The van der Waals surface area contributed by atoms with Crippen LogP contribution in [-0.2, 0) is 0 Å². The van der Waals surface area contributed by atoms with Gasteiger partial charge >= 0.3 is 0 Å². The molecule has 4 nitrogen and oxygen atoms in total. The minimum atomic E-state index is -0.442. The number of benzene rings is 1. The minimum Gasteiger partial charge on any atom is -0.453 e. The van der Waals surface area contributed by atoms with Crippen LogP contribution in [0.4, 0.5) is 10.2 Å². The van der Waals surface area contributed by atoms with Crippen molar-refractivity contribution in [1.29, 1.82) is 0 Å². The second-order valence-electron chi connectivity index (χ2n) is 4.19. The van der Waals surface area contributed by atoms with Crippen LogP contribution < -0.4 is 5.32 Å². The third-order valence-electron chi connectivity index (χ3n) is 2.90. The first-order chi connectivity index (χ1) is 9.19. The molecule has 2 heterocycles. The highest BCUT2D eigenvalue weighted by molar-refractivity contribution is 5.81. The summed E-state index contributed by atoms with van der Waals surface area (Å²) >= 11 is 0. The van der Waals surface area contributed by atoms with Crippen LogP contribution in [-0.4, -0.2) is 17.0 Å². The van der Waals surface area contributed by atoms with Crippen molar-refractivity contribution < 1.29 is 8.81 Å². The lowest BCUT2D eigenvalue weighted by molar-refractivity contribution is 0.598. The molecular weight excluding hydrogens is 245 g/mol. The molecule has 0 saturated carbocycles. The maximum absolute atomic E-state index is 13.7. The van der Waals surface area contributed by atoms with Gasteiger partial charge in [0, 0.05) is 12.4 Å². The Bertz CT molecular complexity index is 719. The molecule has 3 rings (SSSR count). The van der Waals surface area contributed by atoms with Crippen molar-refractivity contribution in [2.45, 2.75) is 6.92 Å². The van der Waals surface area contributed by atoms with Crippen LogP contribution in [0.25, 0.3) is 22.6 Å². The van der Waals surface area contributed by atoms with Crippen molar-refractivity contribution >= 4 is 16.8 Å². The number of hydrogen-bond donors (Lipinski definition) is 1. The molecule has 2 aromatic heterocycles. The molecule has 96 valence electrons. The molecule has 5 heteroatoms. The molecule has 0 unspecified atom stereocenters. The highest BCUT2D eigenvalue weighted by atomic mass is 19.1. The zero-order valence-corrected chi connectivity index (χ0v) is 10.6. The zero-order chi connectivity index (χ0) is 13.4. The van der Waals surface area contributed by atoms with Crippen molar-refractivity contribution in [2.75, 3.05) is 12.4 Å². The summed E-state index contributed by atoms with van der Waals surface area (Å²) in [6.45, 7) is 1.60. The topological polar surface area (TPSA) is 51.0 Å². The quantitative estimate of drug-likeness (QED) is 0.764. The third-order valence-corrected chi connectivity index (χ3v) is 2.90. The average molecular weight is 257 g/mol. The van der Waals surface area contributed by atoms with Crippen LogP contribution in [0.5, 0.6) is 0 Å². The van der Waals surface area contributed by atoms with Gasteiger partial charge in [0.05, 0.1) is 5.69 Å². The molecule has 0 aliphatic heterocycles. The van der Waals surface area contributed by atoms with E-state index in [9.17, 15) is 4.39 Å². The van der Waals surface area contributed by atoms with Crippen molar-refractivity contribution in [3.05, 3.63) is 41.8 Å². The van der Waals surface area contributed by atoms with Gasteiger partial charge in [-0.3, -0.25) is 0 Å². The van der Waals surface area contributed by atoms with Crippen molar-refractivity contribution in [2.24, 2.45) is 0 Å². The number of halogens is 1. The van der Waals surface area contributed by atoms with Crippen LogP contribution >= 0.6 is 0 Å². The molecule has 0 saturated heterocycles. The van der Waals surface area contributed by atoms with E-state index in [0.717, 1.165) is 11.0 Å². The summed E-state index contributed by atoms with van der Waals surface area (Å²) in [4.78, 5) is 8.25. The molecule has 0 atom stereocenters. The van der Waals surface area contributed by atoms with Crippen molar-refractivity contribution in [3.63, 3.8) is 0 Å². The van der Waals surface area contributed by atoms with Crippen LogP contribution in [0.15, 0.2) is 34.7 Å². The second-order valence-corrected chi connectivity index (χ2v) is 4.19. The SMILES string of the molecule is CNc1nc(-c2cc3ccccc3o2)nc(C)c1F. The predicted molar refractivity (Wildman–Crippen MR) is 71.5 cm³/mol. The summed E-state index contributed by atoms with van der Waals surface area (Å²) in [7, 11) is 1.62. The van der Waals surface area contributed by atoms with Crippen LogP contribution in [0.2, 0.25) is 0 Å². The van der Waals surface area contributed by atoms with E-state index in [1.165, 1.54) is 0 Å². The molecule has 0 amide bonds. The van der Waals surface area contributed by atoms with E-state index in [1.54, 1.807) is 14.0 Å². The highest BCUT2D eigenvalue weighted by Crippen LogP contribution is 2.27. The number of fused-ring (bicyclic) bond motifs is 1. The standard InChI is InChI=1S/C14H12FN3O/c1-8-12(15)14(16-2)18-13(17-8)11-7-9-5-3-4-6-10(9)19-11/h3-7H,1-2H3,(H,16,17,18).